The van der Waals surface area contributed by atoms with Crippen LogP contribution in [0.2, 0.25) is 0 Å². The van der Waals surface area contributed by atoms with Gasteiger partial charge in [-0.3, -0.25) is 4.79 Å². The van der Waals surface area contributed by atoms with Crippen molar-refractivity contribution in [1.29, 1.82) is 0 Å². The van der Waals surface area contributed by atoms with Gasteiger partial charge < -0.3 is 9.47 Å². The van der Waals surface area contributed by atoms with Gasteiger partial charge in [0.05, 0.1) is 12.0 Å². The lowest BCUT2D eigenvalue weighted by Gasteiger charge is -2.29. The molecule has 0 bridgehead atoms. The van der Waals surface area contributed by atoms with Crippen molar-refractivity contribution in [3.63, 3.8) is 0 Å². The van der Waals surface area contributed by atoms with Crippen molar-refractivity contribution in [2.75, 3.05) is 6.61 Å². The van der Waals surface area contributed by atoms with Gasteiger partial charge in [0.25, 0.3) is 0 Å². The van der Waals surface area contributed by atoms with Crippen molar-refractivity contribution in [2.24, 2.45) is 5.92 Å². The van der Waals surface area contributed by atoms with Crippen LogP contribution in [0.4, 0.5) is 0 Å². The first-order valence-corrected chi connectivity index (χ1v) is 7.27. The Labute approximate surface area is 111 Å². The topological polar surface area (TPSA) is 35.5 Å². The third kappa shape index (κ3) is 5.85. The highest BCUT2D eigenvalue weighted by atomic mass is 16.6. The number of hydrogen-bond acceptors (Lipinski definition) is 3. The summed E-state index contributed by atoms with van der Waals surface area (Å²) < 4.78 is 11.2. The van der Waals surface area contributed by atoms with Crippen LogP contribution < -0.4 is 0 Å². The highest BCUT2D eigenvalue weighted by molar-refractivity contribution is 5.72. The van der Waals surface area contributed by atoms with E-state index in [0.29, 0.717) is 6.10 Å². The average Bonchev–Trinajstić information content (AvgIpc) is 2.28. The van der Waals surface area contributed by atoms with Crippen molar-refractivity contribution < 1.29 is 14.3 Å². The first-order valence-electron chi connectivity index (χ1n) is 7.27. The van der Waals surface area contributed by atoms with Crippen molar-refractivity contribution >= 4 is 5.97 Å². The number of esters is 1. The van der Waals surface area contributed by atoms with Crippen LogP contribution in [0.5, 0.6) is 0 Å². The molecule has 1 fully saturated rings. The van der Waals surface area contributed by atoms with Gasteiger partial charge in [0, 0.05) is 6.61 Å². The largest absolute Gasteiger partial charge is 0.460 e. The number of unbranched alkanes of at least 4 members (excludes halogenated alkanes) is 1. The average molecular weight is 256 g/mol. The van der Waals surface area contributed by atoms with Gasteiger partial charge in [0.15, 0.2) is 0 Å². The standard InChI is InChI=1S/C15H28O3/c1-5-6-11-17-13-9-7-12(8-10-13)14(16)18-15(2,3)4/h12-13H,5-11H2,1-4H3. The molecule has 0 aliphatic heterocycles. The summed E-state index contributed by atoms with van der Waals surface area (Å²) in [4.78, 5) is 11.9. The summed E-state index contributed by atoms with van der Waals surface area (Å²) in [5.41, 5.74) is -0.369. The summed E-state index contributed by atoms with van der Waals surface area (Å²) in [7, 11) is 0. The maximum Gasteiger partial charge on any atom is 0.309 e. The zero-order valence-corrected chi connectivity index (χ0v) is 12.3. The van der Waals surface area contributed by atoms with E-state index in [1.165, 1.54) is 6.42 Å². The number of ether oxygens (including phenoxy) is 2. The van der Waals surface area contributed by atoms with Gasteiger partial charge in [-0.05, 0) is 52.9 Å². The van der Waals surface area contributed by atoms with Crippen LogP contribution in [0.1, 0.15) is 66.2 Å². The Bertz CT molecular complexity index is 247. The van der Waals surface area contributed by atoms with E-state index in [-0.39, 0.29) is 17.5 Å². The van der Waals surface area contributed by atoms with E-state index >= 15 is 0 Å². The van der Waals surface area contributed by atoms with Crippen LogP contribution in [0, 0.1) is 5.92 Å². The van der Waals surface area contributed by atoms with Crippen LogP contribution in [0.25, 0.3) is 0 Å². The highest BCUT2D eigenvalue weighted by Gasteiger charge is 2.30. The number of carbonyl (C=O) groups excluding carboxylic acids is 1. The fraction of sp³-hybridized carbons (Fsp3) is 0.933. The summed E-state index contributed by atoms with van der Waals surface area (Å²) in [5, 5.41) is 0. The molecule has 3 nitrogen and oxygen atoms in total. The lowest BCUT2D eigenvalue weighted by atomic mass is 9.87. The van der Waals surface area contributed by atoms with Crippen LogP contribution in [-0.4, -0.2) is 24.3 Å². The van der Waals surface area contributed by atoms with E-state index in [9.17, 15) is 4.79 Å². The Balaban J connectivity index is 2.24. The van der Waals surface area contributed by atoms with Crippen molar-refractivity contribution in [1.82, 2.24) is 0 Å². The Kier molecular flexibility index (Phi) is 6.13. The molecule has 1 saturated carbocycles. The molecule has 0 amide bonds. The smallest absolute Gasteiger partial charge is 0.309 e. The molecule has 106 valence electrons. The third-order valence-electron chi connectivity index (χ3n) is 3.27. The Hall–Kier alpha value is -0.570. The second-order valence-electron chi connectivity index (χ2n) is 6.23. The van der Waals surface area contributed by atoms with Gasteiger partial charge in [-0.25, -0.2) is 0 Å². The summed E-state index contributed by atoms with van der Waals surface area (Å²) in [6.45, 7) is 8.79. The van der Waals surface area contributed by atoms with Crippen LogP contribution in [0.15, 0.2) is 0 Å². The summed E-state index contributed by atoms with van der Waals surface area (Å²) in [5.74, 6) is 0.0461. The highest BCUT2D eigenvalue weighted by Crippen LogP contribution is 2.28. The lowest BCUT2D eigenvalue weighted by molar-refractivity contribution is -0.162. The molecule has 0 N–H and O–H groups in total. The fourth-order valence-corrected chi connectivity index (χ4v) is 2.24. The van der Waals surface area contributed by atoms with Gasteiger partial charge >= 0.3 is 5.97 Å². The summed E-state index contributed by atoms with van der Waals surface area (Å²) in [6, 6.07) is 0. The molecule has 3 heteroatoms. The lowest BCUT2D eigenvalue weighted by Crippen LogP contribution is -2.32. The molecule has 0 spiro atoms. The second-order valence-corrected chi connectivity index (χ2v) is 6.23. The normalized spacial score (nSPS) is 24.9. The van der Waals surface area contributed by atoms with Crippen molar-refractivity contribution in [2.45, 2.75) is 77.9 Å². The van der Waals surface area contributed by atoms with Crippen molar-refractivity contribution in [3.05, 3.63) is 0 Å². The SMILES string of the molecule is CCCCOC1CCC(C(=O)OC(C)(C)C)CC1. The molecule has 0 unspecified atom stereocenters. The fourth-order valence-electron chi connectivity index (χ4n) is 2.24. The molecule has 18 heavy (non-hydrogen) atoms. The molecule has 0 radical (unpaired) electrons. The van der Waals surface area contributed by atoms with Crippen molar-refractivity contribution in [3.8, 4) is 0 Å². The van der Waals surface area contributed by atoms with Gasteiger partial charge in [-0.15, -0.1) is 0 Å². The minimum Gasteiger partial charge on any atom is -0.460 e. The monoisotopic (exact) mass is 256 g/mol. The first kappa shape index (κ1) is 15.5. The first-order chi connectivity index (χ1) is 8.42. The predicted molar refractivity (Wildman–Crippen MR) is 72.5 cm³/mol. The minimum absolute atomic E-state index is 0.0329. The number of rotatable bonds is 5. The summed E-state index contributed by atoms with van der Waals surface area (Å²) >= 11 is 0. The molecule has 1 rings (SSSR count). The molecular weight excluding hydrogens is 228 g/mol. The maximum absolute atomic E-state index is 11.9. The molecule has 1 aliphatic carbocycles. The van der Waals surface area contributed by atoms with E-state index in [1.54, 1.807) is 0 Å². The zero-order valence-electron chi connectivity index (χ0n) is 12.3. The van der Waals surface area contributed by atoms with Gasteiger partial charge in [-0.2, -0.15) is 0 Å². The summed E-state index contributed by atoms with van der Waals surface area (Å²) in [6.07, 6.45) is 6.47. The number of hydrogen-bond donors (Lipinski definition) is 0. The zero-order chi connectivity index (χ0) is 13.6. The molecule has 1 aliphatic rings. The van der Waals surface area contributed by atoms with E-state index in [1.807, 2.05) is 20.8 Å². The molecule has 0 heterocycles. The van der Waals surface area contributed by atoms with Crippen LogP contribution in [-0.2, 0) is 14.3 Å². The second kappa shape index (κ2) is 7.13. The third-order valence-corrected chi connectivity index (χ3v) is 3.27. The minimum atomic E-state index is -0.369. The van der Waals surface area contributed by atoms with Crippen LogP contribution in [0.3, 0.4) is 0 Å². The maximum atomic E-state index is 11.9. The molecule has 0 atom stereocenters. The predicted octanol–water partition coefficient (Wildman–Crippen LogP) is 3.70. The molecule has 0 aromatic rings. The Morgan fingerprint density at radius 3 is 2.28 bits per heavy atom. The quantitative estimate of drug-likeness (QED) is 0.555. The Morgan fingerprint density at radius 1 is 1.17 bits per heavy atom. The van der Waals surface area contributed by atoms with E-state index in [4.69, 9.17) is 9.47 Å². The Morgan fingerprint density at radius 2 is 1.78 bits per heavy atom. The van der Waals surface area contributed by atoms with E-state index < -0.39 is 0 Å². The van der Waals surface area contributed by atoms with E-state index in [2.05, 4.69) is 6.92 Å². The molecular formula is C15H28O3. The van der Waals surface area contributed by atoms with Gasteiger partial charge in [0.1, 0.15) is 5.60 Å². The van der Waals surface area contributed by atoms with E-state index in [0.717, 1.165) is 38.7 Å². The molecule has 0 aromatic heterocycles. The van der Waals surface area contributed by atoms with Crippen LogP contribution >= 0.6 is 0 Å². The number of carbonyl (C=O) groups is 1. The molecule has 0 aromatic carbocycles. The van der Waals surface area contributed by atoms with Gasteiger partial charge in [-0.1, -0.05) is 13.3 Å². The molecule has 0 saturated heterocycles. The van der Waals surface area contributed by atoms with Gasteiger partial charge in [0.2, 0.25) is 0 Å².